The molecular weight excluding hydrogens is 509 g/mol. The minimum atomic E-state index is -0.453. The van der Waals surface area contributed by atoms with E-state index >= 15 is 0 Å². The van der Waals surface area contributed by atoms with E-state index in [9.17, 15) is 9.59 Å². The van der Waals surface area contributed by atoms with Gasteiger partial charge >= 0.3 is 5.97 Å². The van der Waals surface area contributed by atoms with Gasteiger partial charge in [0.2, 0.25) is 0 Å². The number of amides is 1. The number of carbonyl (C=O) groups excluding carboxylic acids is 2. The van der Waals surface area contributed by atoms with Crippen LogP contribution in [0.3, 0.4) is 0 Å². The van der Waals surface area contributed by atoms with Gasteiger partial charge in [0.25, 0.3) is 5.91 Å². The summed E-state index contributed by atoms with van der Waals surface area (Å²) >= 11 is 8.49. The Morgan fingerprint density at radius 3 is 2.64 bits per heavy atom. The quantitative estimate of drug-likeness (QED) is 0.185. The van der Waals surface area contributed by atoms with E-state index in [2.05, 4.69) is 22.6 Å². The lowest BCUT2D eigenvalue weighted by atomic mass is 10.1. The molecule has 144 valence electrons. The van der Waals surface area contributed by atoms with Crippen LogP contribution in [0, 0.1) is 3.57 Å². The fraction of sp³-hybridized carbons (Fsp3) is 0.150. The van der Waals surface area contributed by atoms with Crippen molar-refractivity contribution in [3.8, 4) is 11.5 Å². The summed E-state index contributed by atoms with van der Waals surface area (Å²) in [5.41, 5.74) is 1.24. The number of hydrogen-bond donors (Lipinski definition) is 0. The van der Waals surface area contributed by atoms with E-state index in [0.717, 1.165) is 9.13 Å². The molecule has 0 radical (unpaired) electrons. The summed E-state index contributed by atoms with van der Waals surface area (Å²) in [7, 11) is 1.65. The van der Waals surface area contributed by atoms with Crippen LogP contribution in [-0.4, -0.2) is 34.8 Å². The van der Waals surface area contributed by atoms with Gasteiger partial charge in [-0.2, -0.15) is 0 Å². The first kappa shape index (κ1) is 20.8. The molecular formula is C20H16INO4S2. The van der Waals surface area contributed by atoms with Crippen LogP contribution >= 0.6 is 46.6 Å². The van der Waals surface area contributed by atoms with Gasteiger partial charge in [-0.05, 0) is 65.4 Å². The molecule has 0 N–H and O–H groups in total. The topological polar surface area (TPSA) is 55.8 Å². The van der Waals surface area contributed by atoms with Crippen molar-refractivity contribution in [3.63, 3.8) is 0 Å². The molecule has 1 aliphatic rings. The lowest BCUT2D eigenvalue weighted by molar-refractivity contribution is -0.121. The number of thioether (sulfide) groups is 1. The molecule has 1 heterocycles. The van der Waals surface area contributed by atoms with E-state index < -0.39 is 5.97 Å². The van der Waals surface area contributed by atoms with E-state index in [0.29, 0.717) is 32.9 Å². The van der Waals surface area contributed by atoms with Crippen LogP contribution in [0.2, 0.25) is 0 Å². The van der Waals surface area contributed by atoms with Crippen LogP contribution in [0.5, 0.6) is 11.5 Å². The largest absolute Gasteiger partial charge is 0.490 e. The highest BCUT2D eigenvalue weighted by Crippen LogP contribution is 2.34. The Kier molecular flexibility index (Phi) is 6.73. The van der Waals surface area contributed by atoms with Crippen molar-refractivity contribution in [2.24, 2.45) is 0 Å². The zero-order valence-corrected chi connectivity index (χ0v) is 18.9. The molecule has 0 saturated carbocycles. The number of nitrogens with zero attached hydrogens (tertiary/aromatic N) is 1. The SMILES string of the molecule is CCOc1cc(/C=C2\SC(=S)N(C)C2=O)ccc1OC(=O)c1ccccc1I. The van der Waals surface area contributed by atoms with Crippen molar-refractivity contribution in [2.75, 3.05) is 13.7 Å². The second-order valence-corrected chi connectivity index (χ2v) is 8.59. The van der Waals surface area contributed by atoms with Crippen molar-refractivity contribution in [1.29, 1.82) is 0 Å². The van der Waals surface area contributed by atoms with Crippen LogP contribution < -0.4 is 9.47 Å². The predicted octanol–water partition coefficient (Wildman–Crippen LogP) is 4.74. The number of esters is 1. The highest BCUT2D eigenvalue weighted by molar-refractivity contribution is 14.1. The average molecular weight is 525 g/mol. The summed E-state index contributed by atoms with van der Waals surface area (Å²) in [4.78, 5) is 26.7. The maximum absolute atomic E-state index is 12.5. The molecule has 0 spiro atoms. The zero-order chi connectivity index (χ0) is 20.3. The molecule has 1 saturated heterocycles. The monoisotopic (exact) mass is 525 g/mol. The number of thiocarbonyl (C=S) groups is 1. The standard InChI is InChI=1S/C20H16INO4S2/c1-3-25-16-10-12(11-17-18(23)22(2)20(27)28-17)8-9-15(16)26-19(24)13-6-4-5-7-14(13)21/h4-11H,3H2,1-2H3/b17-11-. The summed E-state index contributed by atoms with van der Waals surface area (Å²) in [6.07, 6.45) is 1.75. The first-order chi connectivity index (χ1) is 13.4. The van der Waals surface area contributed by atoms with E-state index in [1.807, 2.05) is 19.1 Å². The highest BCUT2D eigenvalue weighted by Gasteiger charge is 2.28. The number of benzene rings is 2. The second-order valence-electron chi connectivity index (χ2n) is 5.75. The van der Waals surface area contributed by atoms with Crippen molar-refractivity contribution in [2.45, 2.75) is 6.92 Å². The molecule has 0 bridgehead atoms. The highest BCUT2D eigenvalue weighted by atomic mass is 127. The Bertz CT molecular complexity index is 990. The third kappa shape index (κ3) is 4.56. The Morgan fingerprint density at radius 2 is 2.00 bits per heavy atom. The number of ether oxygens (including phenoxy) is 2. The number of carbonyl (C=O) groups is 2. The van der Waals surface area contributed by atoms with Gasteiger partial charge in [0, 0.05) is 10.6 Å². The first-order valence-electron chi connectivity index (χ1n) is 8.35. The molecule has 1 amide bonds. The molecule has 2 aromatic rings. The lowest BCUT2D eigenvalue weighted by Gasteiger charge is -2.12. The summed E-state index contributed by atoms with van der Waals surface area (Å²) in [6, 6.07) is 12.4. The molecule has 8 heteroatoms. The van der Waals surface area contributed by atoms with E-state index in [1.165, 1.54) is 16.7 Å². The van der Waals surface area contributed by atoms with Gasteiger partial charge in [-0.1, -0.05) is 42.2 Å². The van der Waals surface area contributed by atoms with E-state index in [-0.39, 0.29) is 5.91 Å². The smallest absolute Gasteiger partial charge is 0.344 e. The Labute approximate surface area is 186 Å². The van der Waals surface area contributed by atoms with Gasteiger partial charge in [-0.3, -0.25) is 9.69 Å². The third-order valence-corrected chi connectivity index (χ3v) is 6.27. The number of halogens is 1. The maximum atomic E-state index is 12.5. The Hall–Kier alpha value is -1.91. The van der Waals surface area contributed by atoms with Crippen LogP contribution in [0.1, 0.15) is 22.8 Å². The van der Waals surface area contributed by atoms with E-state index in [1.54, 1.807) is 43.5 Å². The minimum absolute atomic E-state index is 0.137. The summed E-state index contributed by atoms with van der Waals surface area (Å²) in [6.45, 7) is 2.26. The van der Waals surface area contributed by atoms with Gasteiger partial charge in [-0.25, -0.2) is 4.79 Å². The van der Waals surface area contributed by atoms with Crippen LogP contribution in [0.25, 0.3) is 6.08 Å². The second kappa shape index (κ2) is 9.06. The van der Waals surface area contributed by atoms with Gasteiger partial charge in [0.1, 0.15) is 4.32 Å². The normalized spacial score (nSPS) is 15.2. The number of likely N-dealkylation sites (N-methyl/N-ethyl adjacent to an activating group) is 1. The molecule has 3 rings (SSSR count). The van der Waals surface area contributed by atoms with Gasteiger partial charge < -0.3 is 9.47 Å². The molecule has 0 aromatic heterocycles. The van der Waals surface area contributed by atoms with E-state index in [4.69, 9.17) is 21.7 Å². The maximum Gasteiger partial charge on any atom is 0.344 e. The van der Waals surface area contributed by atoms with Gasteiger partial charge in [-0.15, -0.1) is 0 Å². The Balaban J connectivity index is 1.88. The van der Waals surface area contributed by atoms with Gasteiger partial charge in [0.05, 0.1) is 17.1 Å². The molecule has 28 heavy (non-hydrogen) atoms. The summed E-state index contributed by atoms with van der Waals surface area (Å²) in [5.74, 6) is 0.168. The van der Waals surface area contributed by atoms with Crippen molar-refractivity contribution in [1.82, 2.24) is 4.90 Å². The average Bonchev–Trinajstić information content (AvgIpc) is 2.91. The summed E-state index contributed by atoms with van der Waals surface area (Å²) in [5, 5.41) is 0. The lowest BCUT2D eigenvalue weighted by Crippen LogP contribution is -2.22. The minimum Gasteiger partial charge on any atom is -0.490 e. The predicted molar refractivity (Wildman–Crippen MR) is 123 cm³/mol. The van der Waals surface area contributed by atoms with Crippen molar-refractivity contribution >= 4 is 68.8 Å². The van der Waals surface area contributed by atoms with Crippen LogP contribution in [0.15, 0.2) is 47.4 Å². The molecule has 0 unspecified atom stereocenters. The third-order valence-electron chi connectivity index (χ3n) is 3.85. The Morgan fingerprint density at radius 1 is 1.25 bits per heavy atom. The van der Waals surface area contributed by atoms with Crippen LogP contribution in [-0.2, 0) is 4.79 Å². The molecule has 1 fully saturated rings. The fourth-order valence-electron chi connectivity index (χ4n) is 2.45. The zero-order valence-electron chi connectivity index (χ0n) is 15.1. The number of rotatable bonds is 5. The van der Waals surface area contributed by atoms with Crippen LogP contribution in [0.4, 0.5) is 0 Å². The van der Waals surface area contributed by atoms with Crippen molar-refractivity contribution < 1.29 is 19.1 Å². The number of hydrogen-bond acceptors (Lipinski definition) is 6. The molecule has 1 aliphatic heterocycles. The molecule has 5 nitrogen and oxygen atoms in total. The molecule has 2 aromatic carbocycles. The first-order valence-corrected chi connectivity index (χ1v) is 10.7. The molecule has 0 aliphatic carbocycles. The summed E-state index contributed by atoms with van der Waals surface area (Å²) < 4.78 is 12.5. The fourth-order valence-corrected chi connectivity index (χ4v) is 4.23. The molecule has 0 atom stereocenters. The van der Waals surface area contributed by atoms with Gasteiger partial charge in [0.15, 0.2) is 11.5 Å². The van der Waals surface area contributed by atoms with Crippen molar-refractivity contribution in [3.05, 3.63) is 62.1 Å².